The molecule has 0 saturated carbocycles. The lowest BCUT2D eigenvalue weighted by molar-refractivity contribution is -0.119. The average molecular weight is 332 g/mol. The second kappa shape index (κ2) is 8.19. The van der Waals surface area contributed by atoms with Crippen LogP contribution in [0.2, 0.25) is 5.02 Å². The number of methoxy groups -OCH3 is 1. The summed E-state index contributed by atoms with van der Waals surface area (Å²) in [6.07, 6.45) is 0. The van der Waals surface area contributed by atoms with Crippen LogP contribution in [0.5, 0.6) is 5.75 Å². The Bertz CT molecular complexity index is 682. The van der Waals surface area contributed by atoms with Crippen molar-refractivity contribution in [2.75, 3.05) is 19.0 Å². The Morgan fingerprint density at radius 3 is 2.39 bits per heavy atom. The molecule has 0 bridgehead atoms. The first-order valence-electron chi connectivity index (χ1n) is 7.05. The Balaban J connectivity index is 1.84. The summed E-state index contributed by atoms with van der Waals surface area (Å²) in [6.45, 7) is 1.95. The van der Waals surface area contributed by atoms with Crippen molar-refractivity contribution < 1.29 is 9.53 Å². The van der Waals surface area contributed by atoms with E-state index in [1.165, 1.54) is 0 Å². The predicted octanol–water partition coefficient (Wildman–Crippen LogP) is 3.30. The fourth-order valence-electron chi connectivity index (χ4n) is 1.83. The van der Waals surface area contributed by atoms with Crippen LogP contribution in [0.3, 0.4) is 0 Å². The highest BCUT2D eigenvalue weighted by Gasteiger charge is 2.02. The van der Waals surface area contributed by atoms with Gasteiger partial charge in [0.2, 0.25) is 0 Å². The second-order valence-corrected chi connectivity index (χ2v) is 5.26. The number of hydrogen-bond donors (Lipinski definition) is 2. The molecular weight excluding hydrogens is 314 g/mol. The molecule has 0 aromatic heterocycles. The van der Waals surface area contributed by atoms with Gasteiger partial charge in [0.05, 0.1) is 19.4 Å². The topological polar surface area (TPSA) is 62.7 Å². The number of benzene rings is 2. The highest BCUT2D eigenvalue weighted by molar-refractivity contribution is 6.30. The monoisotopic (exact) mass is 331 g/mol. The van der Waals surface area contributed by atoms with Gasteiger partial charge in [-0.15, -0.1) is 0 Å². The lowest BCUT2D eigenvalue weighted by Gasteiger charge is -2.07. The number of anilines is 1. The quantitative estimate of drug-likeness (QED) is 0.630. The molecule has 0 saturated heterocycles. The molecular formula is C17H18ClN3O2. The van der Waals surface area contributed by atoms with Gasteiger partial charge in [0.25, 0.3) is 5.91 Å². The van der Waals surface area contributed by atoms with Gasteiger partial charge in [0.15, 0.2) is 0 Å². The first kappa shape index (κ1) is 16.8. The van der Waals surface area contributed by atoms with Gasteiger partial charge in [-0.25, -0.2) is 5.43 Å². The van der Waals surface area contributed by atoms with Gasteiger partial charge in [-0.1, -0.05) is 23.7 Å². The normalized spacial score (nSPS) is 11.0. The van der Waals surface area contributed by atoms with Gasteiger partial charge in [0.1, 0.15) is 5.75 Å². The van der Waals surface area contributed by atoms with Gasteiger partial charge in [0, 0.05) is 10.7 Å². The minimum absolute atomic E-state index is 0.129. The van der Waals surface area contributed by atoms with Crippen molar-refractivity contribution in [2.45, 2.75) is 6.92 Å². The molecule has 0 radical (unpaired) electrons. The van der Waals surface area contributed by atoms with Crippen molar-refractivity contribution in [3.8, 4) is 5.75 Å². The standard InChI is InChI=1S/C17H18ClN3O2/c1-12(13-3-5-14(18)6-4-13)20-21-17(22)11-19-15-7-9-16(23-2)10-8-15/h3-10,19H,11H2,1-2H3,(H,21,22)/b20-12-. The number of hydrazone groups is 1. The number of nitrogens with one attached hydrogen (secondary N) is 2. The number of nitrogens with zero attached hydrogens (tertiary/aromatic N) is 1. The van der Waals surface area contributed by atoms with Gasteiger partial charge >= 0.3 is 0 Å². The first-order chi connectivity index (χ1) is 11.1. The summed E-state index contributed by atoms with van der Waals surface area (Å²) in [5.74, 6) is 0.539. The average Bonchev–Trinajstić information content (AvgIpc) is 2.59. The molecule has 0 atom stereocenters. The summed E-state index contributed by atoms with van der Waals surface area (Å²) in [5.41, 5.74) is 4.96. The molecule has 0 fully saturated rings. The maximum Gasteiger partial charge on any atom is 0.259 e. The number of ether oxygens (including phenoxy) is 1. The third kappa shape index (κ3) is 5.30. The summed E-state index contributed by atoms with van der Waals surface area (Å²) >= 11 is 5.84. The van der Waals surface area contributed by atoms with E-state index in [1.54, 1.807) is 19.2 Å². The number of halogens is 1. The largest absolute Gasteiger partial charge is 0.497 e. The van der Waals surface area contributed by atoms with Crippen LogP contribution >= 0.6 is 11.6 Å². The molecule has 2 aromatic rings. The molecule has 2 aromatic carbocycles. The maximum atomic E-state index is 11.8. The molecule has 2 N–H and O–H groups in total. The Labute approximate surface area is 140 Å². The van der Waals surface area contributed by atoms with Crippen LogP contribution in [-0.2, 0) is 4.79 Å². The van der Waals surface area contributed by atoms with E-state index in [2.05, 4.69) is 15.8 Å². The van der Waals surface area contributed by atoms with E-state index in [4.69, 9.17) is 16.3 Å². The first-order valence-corrected chi connectivity index (χ1v) is 7.43. The van der Waals surface area contributed by atoms with Crippen molar-refractivity contribution >= 4 is 28.9 Å². The third-order valence-electron chi connectivity index (χ3n) is 3.15. The van der Waals surface area contributed by atoms with E-state index >= 15 is 0 Å². The number of carbonyl (C=O) groups excluding carboxylic acids is 1. The number of hydrogen-bond acceptors (Lipinski definition) is 4. The highest BCUT2D eigenvalue weighted by atomic mass is 35.5. The SMILES string of the molecule is COc1ccc(NCC(=O)N/N=C(/C)c2ccc(Cl)cc2)cc1. The van der Waals surface area contributed by atoms with Gasteiger partial charge < -0.3 is 10.1 Å². The van der Waals surface area contributed by atoms with Crippen LogP contribution in [-0.4, -0.2) is 25.3 Å². The van der Waals surface area contributed by atoms with Crippen molar-refractivity contribution in [3.05, 3.63) is 59.1 Å². The molecule has 0 aliphatic rings. The number of amides is 1. The zero-order valence-corrected chi connectivity index (χ0v) is 13.7. The lowest BCUT2D eigenvalue weighted by atomic mass is 10.1. The Hall–Kier alpha value is -2.53. The molecule has 120 valence electrons. The molecule has 1 amide bonds. The minimum Gasteiger partial charge on any atom is -0.497 e. The summed E-state index contributed by atoms with van der Waals surface area (Å²) in [5, 5.41) is 7.75. The minimum atomic E-state index is -0.228. The van der Waals surface area contributed by atoms with Gasteiger partial charge in [-0.05, 0) is 48.9 Å². The zero-order valence-electron chi connectivity index (χ0n) is 13.0. The van der Waals surface area contributed by atoms with Crippen LogP contribution in [0.25, 0.3) is 0 Å². The van der Waals surface area contributed by atoms with Crippen molar-refractivity contribution in [2.24, 2.45) is 5.10 Å². The Morgan fingerprint density at radius 1 is 1.13 bits per heavy atom. The second-order valence-electron chi connectivity index (χ2n) is 4.82. The van der Waals surface area contributed by atoms with Crippen molar-refractivity contribution in [3.63, 3.8) is 0 Å². The van der Waals surface area contributed by atoms with Crippen LogP contribution < -0.4 is 15.5 Å². The van der Waals surface area contributed by atoms with E-state index in [1.807, 2.05) is 43.3 Å². The third-order valence-corrected chi connectivity index (χ3v) is 3.41. The Kier molecular flexibility index (Phi) is 6.00. The highest BCUT2D eigenvalue weighted by Crippen LogP contribution is 2.14. The van der Waals surface area contributed by atoms with E-state index in [-0.39, 0.29) is 12.5 Å². The fraction of sp³-hybridized carbons (Fsp3) is 0.176. The summed E-state index contributed by atoms with van der Waals surface area (Å²) in [7, 11) is 1.61. The smallest absolute Gasteiger partial charge is 0.259 e. The van der Waals surface area contributed by atoms with Crippen molar-refractivity contribution in [1.29, 1.82) is 0 Å². The molecule has 2 rings (SSSR count). The number of rotatable bonds is 6. The van der Waals surface area contributed by atoms with E-state index in [9.17, 15) is 4.79 Å². The van der Waals surface area contributed by atoms with Crippen LogP contribution in [0.4, 0.5) is 5.69 Å². The van der Waals surface area contributed by atoms with Gasteiger partial charge in [-0.3, -0.25) is 4.79 Å². The molecule has 0 aliphatic carbocycles. The molecule has 6 heteroatoms. The van der Waals surface area contributed by atoms with E-state index in [0.717, 1.165) is 17.0 Å². The Morgan fingerprint density at radius 2 is 1.78 bits per heavy atom. The molecule has 0 unspecified atom stereocenters. The van der Waals surface area contributed by atoms with Crippen LogP contribution in [0.1, 0.15) is 12.5 Å². The predicted molar refractivity (Wildman–Crippen MR) is 93.3 cm³/mol. The number of carbonyl (C=O) groups is 1. The van der Waals surface area contributed by atoms with Gasteiger partial charge in [-0.2, -0.15) is 5.10 Å². The maximum absolute atomic E-state index is 11.8. The zero-order chi connectivity index (χ0) is 16.7. The molecule has 0 aliphatic heterocycles. The van der Waals surface area contributed by atoms with E-state index in [0.29, 0.717) is 10.7 Å². The molecule has 5 nitrogen and oxygen atoms in total. The summed E-state index contributed by atoms with van der Waals surface area (Å²) < 4.78 is 5.08. The fourth-order valence-corrected chi connectivity index (χ4v) is 1.96. The summed E-state index contributed by atoms with van der Waals surface area (Å²) in [4.78, 5) is 11.8. The van der Waals surface area contributed by atoms with Crippen LogP contribution in [0, 0.1) is 0 Å². The molecule has 0 heterocycles. The summed E-state index contributed by atoms with van der Waals surface area (Å²) in [6, 6.07) is 14.6. The van der Waals surface area contributed by atoms with Crippen molar-refractivity contribution in [1.82, 2.24) is 5.43 Å². The van der Waals surface area contributed by atoms with E-state index < -0.39 is 0 Å². The molecule has 0 spiro atoms. The lowest BCUT2D eigenvalue weighted by Crippen LogP contribution is -2.26. The molecule has 23 heavy (non-hydrogen) atoms. The van der Waals surface area contributed by atoms with Crippen LogP contribution in [0.15, 0.2) is 53.6 Å².